The Labute approximate surface area is 188 Å². The van der Waals surface area contributed by atoms with E-state index in [1.807, 2.05) is 48.5 Å². The van der Waals surface area contributed by atoms with Crippen molar-refractivity contribution in [2.45, 2.75) is 18.1 Å². The fourth-order valence-electron chi connectivity index (χ4n) is 4.02. The molecule has 1 aliphatic rings. The van der Waals surface area contributed by atoms with E-state index in [0.717, 1.165) is 40.5 Å². The largest absolute Gasteiger partial charge is 0.449 e. The number of rotatable bonds is 7. The molecular weight excluding hydrogens is 431 g/mol. The zero-order valence-electron chi connectivity index (χ0n) is 17.3. The summed E-state index contributed by atoms with van der Waals surface area (Å²) in [5.41, 5.74) is 3.43. The molecule has 1 aliphatic carbocycles. The van der Waals surface area contributed by atoms with Crippen LogP contribution in [0.1, 0.15) is 28.7 Å². The lowest BCUT2D eigenvalue weighted by Gasteiger charge is -2.19. The zero-order valence-corrected chi connectivity index (χ0v) is 17.3. The number of benzene rings is 3. The topological polar surface area (TPSA) is 122 Å². The number of nitrogens with one attached hydrogen (secondary N) is 1. The minimum atomic E-state index is -1.57. The Morgan fingerprint density at radius 3 is 2.27 bits per heavy atom. The van der Waals surface area contributed by atoms with Crippen LogP contribution in [-0.2, 0) is 4.74 Å². The Bertz CT molecular complexity index is 1160. The fourth-order valence-corrected chi connectivity index (χ4v) is 4.02. The summed E-state index contributed by atoms with van der Waals surface area (Å²) in [5.74, 6) is -1.18. The van der Waals surface area contributed by atoms with Gasteiger partial charge in [0.15, 0.2) is 0 Å². The number of carbonyl (C=O) groups excluding carboxylic acids is 1. The van der Waals surface area contributed by atoms with Crippen LogP contribution in [0.4, 0.5) is 14.9 Å². The van der Waals surface area contributed by atoms with Crippen molar-refractivity contribution in [2.75, 3.05) is 13.2 Å². The molecule has 2 unspecified atom stereocenters. The van der Waals surface area contributed by atoms with Gasteiger partial charge in [-0.25, -0.2) is 4.79 Å². The van der Waals surface area contributed by atoms with Gasteiger partial charge >= 0.3 is 11.8 Å². The quantitative estimate of drug-likeness (QED) is 0.371. The van der Waals surface area contributed by atoms with Gasteiger partial charge in [-0.15, -0.1) is 0 Å². The highest BCUT2D eigenvalue weighted by molar-refractivity contribution is 5.79. The van der Waals surface area contributed by atoms with E-state index < -0.39 is 34.7 Å². The molecule has 0 bridgehead atoms. The molecule has 170 valence electrons. The Kier molecular flexibility index (Phi) is 6.34. The van der Waals surface area contributed by atoms with Crippen LogP contribution in [0, 0.1) is 15.9 Å². The number of fused-ring (bicyclic) bond motifs is 3. The van der Waals surface area contributed by atoms with Crippen LogP contribution in [-0.4, -0.2) is 40.5 Å². The summed E-state index contributed by atoms with van der Waals surface area (Å²) in [7, 11) is 0. The van der Waals surface area contributed by atoms with Crippen LogP contribution in [0.3, 0.4) is 0 Å². The van der Waals surface area contributed by atoms with Crippen LogP contribution in [0.25, 0.3) is 11.1 Å². The van der Waals surface area contributed by atoms with Gasteiger partial charge in [0.05, 0.1) is 4.92 Å². The lowest BCUT2D eigenvalue weighted by atomic mass is 9.98. The van der Waals surface area contributed by atoms with Crippen LogP contribution in [0.2, 0.25) is 0 Å². The van der Waals surface area contributed by atoms with E-state index in [-0.39, 0.29) is 24.6 Å². The maximum atomic E-state index is 13.5. The third-order valence-corrected chi connectivity index (χ3v) is 5.67. The smallest absolute Gasteiger partial charge is 0.407 e. The molecular formula is C24H21FN2O6. The molecule has 8 nitrogen and oxygen atoms in total. The number of halogens is 1. The Morgan fingerprint density at radius 2 is 1.67 bits per heavy atom. The number of amides is 1. The summed E-state index contributed by atoms with van der Waals surface area (Å²) in [6, 6.07) is 18.6. The predicted octanol–water partition coefficient (Wildman–Crippen LogP) is 3.67. The molecule has 0 heterocycles. The number of ether oxygens (including phenoxy) is 1. The molecule has 3 aromatic carbocycles. The Morgan fingerprint density at radius 1 is 1.06 bits per heavy atom. The third kappa shape index (κ3) is 4.55. The van der Waals surface area contributed by atoms with E-state index in [2.05, 4.69) is 5.32 Å². The number of carbonyl (C=O) groups is 1. The van der Waals surface area contributed by atoms with Crippen molar-refractivity contribution in [1.29, 1.82) is 0 Å². The molecule has 3 N–H and O–H groups in total. The first-order chi connectivity index (χ1) is 15.9. The van der Waals surface area contributed by atoms with E-state index in [1.54, 1.807) is 0 Å². The second-order valence-electron chi connectivity index (χ2n) is 7.69. The molecule has 0 fully saturated rings. The summed E-state index contributed by atoms with van der Waals surface area (Å²) < 4.78 is 18.8. The first kappa shape index (κ1) is 22.4. The summed E-state index contributed by atoms with van der Waals surface area (Å²) in [6.07, 6.45) is -3.85. The second-order valence-corrected chi connectivity index (χ2v) is 7.69. The van der Waals surface area contributed by atoms with Crippen molar-refractivity contribution in [3.05, 3.63) is 99.4 Å². The molecule has 0 spiro atoms. The number of aliphatic hydroxyl groups excluding tert-OH is 2. The minimum absolute atomic E-state index is 0.0510. The van der Waals surface area contributed by atoms with Gasteiger partial charge in [-0.1, -0.05) is 54.6 Å². The molecule has 0 radical (unpaired) electrons. The average molecular weight is 452 g/mol. The molecule has 33 heavy (non-hydrogen) atoms. The van der Waals surface area contributed by atoms with E-state index in [0.29, 0.717) is 0 Å². The molecule has 9 heteroatoms. The summed E-state index contributed by atoms with van der Waals surface area (Å²) in [4.78, 5) is 22.2. The number of nitrogens with zero attached hydrogens (tertiary/aromatic N) is 1. The summed E-state index contributed by atoms with van der Waals surface area (Å²) >= 11 is 0. The van der Waals surface area contributed by atoms with Crippen molar-refractivity contribution < 1.29 is 29.1 Å². The standard InChI is InChI=1S/C24H21FN2O6/c25-20-10-9-14(11-21(20)27(31)32)23(29)22(28)12-26-24(30)33-13-19-17-7-3-1-5-15(17)16-6-2-4-8-18(16)19/h1-11,19,22-23,28-29H,12-13H2,(H,26,30). The first-order valence-corrected chi connectivity index (χ1v) is 10.3. The lowest BCUT2D eigenvalue weighted by Crippen LogP contribution is -2.36. The summed E-state index contributed by atoms with van der Waals surface area (Å²) in [5, 5.41) is 33.6. The molecule has 3 aromatic rings. The predicted molar refractivity (Wildman–Crippen MR) is 117 cm³/mol. The van der Waals surface area contributed by atoms with Crippen molar-refractivity contribution in [3.63, 3.8) is 0 Å². The van der Waals surface area contributed by atoms with Crippen LogP contribution in [0.5, 0.6) is 0 Å². The Balaban J connectivity index is 1.35. The molecule has 0 aromatic heterocycles. The number of aliphatic hydroxyl groups is 2. The minimum Gasteiger partial charge on any atom is -0.449 e. The van der Waals surface area contributed by atoms with Crippen LogP contribution in [0.15, 0.2) is 66.7 Å². The number of hydrogen-bond acceptors (Lipinski definition) is 6. The van der Waals surface area contributed by atoms with Crippen LogP contribution < -0.4 is 5.32 Å². The van der Waals surface area contributed by atoms with Gasteiger partial charge in [0.25, 0.3) is 0 Å². The molecule has 4 rings (SSSR count). The number of alkyl carbamates (subject to hydrolysis) is 1. The van der Waals surface area contributed by atoms with Crippen molar-refractivity contribution in [3.8, 4) is 11.1 Å². The molecule has 2 atom stereocenters. The highest BCUT2D eigenvalue weighted by atomic mass is 19.1. The molecule has 0 aliphatic heterocycles. The lowest BCUT2D eigenvalue weighted by molar-refractivity contribution is -0.387. The van der Waals surface area contributed by atoms with Crippen LogP contribution >= 0.6 is 0 Å². The first-order valence-electron chi connectivity index (χ1n) is 10.3. The number of nitro benzene ring substituents is 1. The maximum Gasteiger partial charge on any atom is 0.407 e. The molecule has 0 saturated carbocycles. The molecule has 0 saturated heterocycles. The highest BCUT2D eigenvalue weighted by Crippen LogP contribution is 2.44. The van der Waals surface area contributed by atoms with Gasteiger partial charge in [-0.3, -0.25) is 10.1 Å². The van der Waals surface area contributed by atoms with Gasteiger partial charge in [0.1, 0.15) is 18.8 Å². The normalized spacial score (nSPS) is 14.2. The molecule has 1 amide bonds. The zero-order chi connectivity index (χ0) is 23.5. The van der Waals surface area contributed by atoms with Gasteiger partial charge in [0, 0.05) is 18.5 Å². The van der Waals surface area contributed by atoms with Gasteiger partial charge in [0.2, 0.25) is 5.82 Å². The average Bonchev–Trinajstić information content (AvgIpc) is 3.14. The maximum absolute atomic E-state index is 13.5. The Hall–Kier alpha value is -3.82. The van der Waals surface area contributed by atoms with E-state index in [4.69, 9.17) is 4.74 Å². The van der Waals surface area contributed by atoms with Crippen molar-refractivity contribution >= 4 is 11.8 Å². The SMILES string of the molecule is O=C(NCC(O)C(O)c1ccc(F)c([N+](=O)[O-])c1)OCC1c2ccccc2-c2ccccc21. The fraction of sp³-hybridized carbons (Fsp3) is 0.208. The number of nitro groups is 1. The van der Waals surface area contributed by atoms with Gasteiger partial charge in [-0.2, -0.15) is 4.39 Å². The van der Waals surface area contributed by atoms with E-state index in [9.17, 15) is 29.5 Å². The van der Waals surface area contributed by atoms with Crippen molar-refractivity contribution in [2.24, 2.45) is 0 Å². The second kappa shape index (κ2) is 9.35. The van der Waals surface area contributed by atoms with Gasteiger partial charge < -0.3 is 20.3 Å². The third-order valence-electron chi connectivity index (χ3n) is 5.67. The van der Waals surface area contributed by atoms with E-state index in [1.165, 1.54) is 0 Å². The van der Waals surface area contributed by atoms with E-state index >= 15 is 0 Å². The monoisotopic (exact) mass is 452 g/mol. The number of hydrogen-bond donors (Lipinski definition) is 3. The van der Waals surface area contributed by atoms with Crippen molar-refractivity contribution in [1.82, 2.24) is 5.32 Å². The summed E-state index contributed by atoms with van der Waals surface area (Å²) in [6.45, 7) is -0.286. The highest BCUT2D eigenvalue weighted by Gasteiger charge is 2.29. The van der Waals surface area contributed by atoms with Gasteiger partial charge in [-0.05, 0) is 33.9 Å².